The Morgan fingerprint density at radius 1 is 1.10 bits per heavy atom. The monoisotopic (exact) mass is 264 g/mol. The highest BCUT2D eigenvalue weighted by atomic mass is 16.3. The van der Waals surface area contributed by atoms with Gasteiger partial charge < -0.3 is 5.11 Å². The summed E-state index contributed by atoms with van der Waals surface area (Å²) in [6.07, 6.45) is 6.83. The molecule has 0 aliphatic carbocycles. The van der Waals surface area contributed by atoms with E-state index in [0.29, 0.717) is 0 Å². The van der Waals surface area contributed by atoms with Gasteiger partial charge in [0.15, 0.2) is 0 Å². The Labute approximate surface area is 120 Å². The lowest BCUT2D eigenvalue weighted by Crippen LogP contribution is -1.94. The quantitative estimate of drug-likeness (QED) is 0.759. The number of allylic oxidation sites excluding steroid dienone is 2. The summed E-state index contributed by atoms with van der Waals surface area (Å²) in [5, 5.41) is 10.0. The van der Waals surface area contributed by atoms with Crippen molar-refractivity contribution in [2.24, 2.45) is 0 Å². The van der Waals surface area contributed by atoms with Crippen LogP contribution in [0.1, 0.15) is 23.6 Å². The number of aryl methyl sites for hydroxylation is 1. The van der Waals surface area contributed by atoms with Crippen molar-refractivity contribution in [1.82, 2.24) is 0 Å². The third-order valence-corrected chi connectivity index (χ3v) is 3.55. The van der Waals surface area contributed by atoms with Crippen molar-refractivity contribution in [3.8, 4) is 16.9 Å². The van der Waals surface area contributed by atoms with Gasteiger partial charge in [-0.2, -0.15) is 0 Å². The van der Waals surface area contributed by atoms with E-state index in [1.165, 1.54) is 11.1 Å². The van der Waals surface area contributed by atoms with Crippen molar-refractivity contribution in [2.75, 3.05) is 0 Å². The van der Waals surface area contributed by atoms with Gasteiger partial charge in [0.05, 0.1) is 0 Å². The van der Waals surface area contributed by atoms with E-state index in [2.05, 4.69) is 43.9 Å². The first kappa shape index (κ1) is 14.1. The average molecular weight is 264 g/mol. The molecule has 0 fully saturated rings. The Bertz CT molecular complexity index is 651. The molecule has 1 N–H and O–H groups in total. The zero-order valence-electron chi connectivity index (χ0n) is 12.1. The van der Waals surface area contributed by atoms with Gasteiger partial charge in [-0.1, -0.05) is 55.1 Å². The van der Waals surface area contributed by atoms with Crippen LogP contribution in [-0.4, -0.2) is 5.11 Å². The molecule has 0 saturated carbocycles. The van der Waals surface area contributed by atoms with E-state index in [4.69, 9.17) is 0 Å². The minimum Gasteiger partial charge on any atom is -0.507 e. The maximum Gasteiger partial charge on any atom is 0.123 e. The highest BCUT2D eigenvalue weighted by molar-refractivity contribution is 5.80. The van der Waals surface area contributed by atoms with Gasteiger partial charge in [0.25, 0.3) is 0 Å². The van der Waals surface area contributed by atoms with Gasteiger partial charge in [-0.25, -0.2) is 0 Å². The maximum atomic E-state index is 10.0. The Hall–Kier alpha value is -2.28. The summed E-state index contributed by atoms with van der Waals surface area (Å²) >= 11 is 0. The molecule has 0 amide bonds. The minimum atomic E-state index is 0.274. The first-order valence-corrected chi connectivity index (χ1v) is 6.83. The van der Waals surface area contributed by atoms with Crippen molar-refractivity contribution >= 4 is 6.08 Å². The van der Waals surface area contributed by atoms with Crippen molar-refractivity contribution in [2.45, 2.75) is 20.3 Å². The Morgan fingerprint density at radius 3 is 2.50 bits per heavy atom. The summed E-state index contributed by atoms with van der Waals surface area (Å²) in [5.41, 5.74) is 5.54. The number of aromatic hydroxyl groups is 1. The van der Waals surface area contributed by atoms with Crippen molar-refractivity contribution in [3.05, 3.63) is 71.8 Å². The molecule has 102 valence electrons. The Kier molecular flexibility index (Phi) is 4.41. The second-order valence-electron chi connectivity index (χ2n) is 4.82. The lowest BCUT2D eigenvalue weighted by molar-refractivity contribution is 0.474. The number of benzene rings is 2. The van der Waals surface area contributed by atoms with Crippen LogP contribution in [0.5, 0.6) is 5.75 Å². The SMILES string of the molecule is C=Cc1c(O)cccc1-c1cccc(C)c1CC=CC. The molecule has 1 heteroatoms. The van der Waals surface area contributed by atoms with E-state index in [0.717, 1.165) is 23.1 Å². The van der Waals surface area contributed by atoms with Crippen LogP contribution in [0, 0.1) is 6.92 Å². The Morgan fingerprint density at radius 2 is 1.80 bits per heavy atom. The molecule has 20 heavy (non-hydrogen) atoms. The summed E-state index contributed by atoms with van der Waals surface area (Å²) < 4.78 is 0. The molecule has 0 aromatic heterocycles. The van der Waals surface area contributed by atoms with Crippen LogP contribution >= 0.6 is 0 Å². The number of hydrogen-bond donors (Lipinski definition) is 1. The molecule has 0 aliphatic heterocycles. The molecule has 1 nitrogen and oxygen atoms in total. The largest absolute Gasteiger partial charge is 0.507 e. The lowest BCUT2D eigenvalue weighted by atomic mass is 9.91. The summed E-state index contributed by atoms with van der Waals surface area (Å²) in [6.45, 7) is 7.97. The van der Waals surface area contributed by atoms with Crippen LogP contribution in [0.15, 0.2) is 55.1 Å². The highest BCUT2D eigenvalue weighted by Crippen LogP contribution is 2.34. The zero-order chi connectivity index (χ0) is 14.5. The summed E-state index contributed by atoms with van der Waals surface area (Å²) in [7, 11) is 0. The fourth-order valence-corrected chi connectivity index (χ4v) is 2.46. The first-order valence-electron chi connectivity index (χ1n) is 6.83. The molecule has 2 aromatic rings. The third-order valence-electron chi connectivity index (χ3n) is 3.55. The van der Waals surface area contributed by atoms with Crippen LogP contribution in [0.2, 0.25) is 0 Å². The van der Waals surface area contributed by atoms with Crippen LogP contribution in [-0.2, 0) is 6.42 Å². The van der Waals surface area contributed by atoms with Gasteiger partial charge in [0, 0.05) is 5.56 Å². The highest BCUT2D eigenvalue weighted by Gasteiger charge is 2.11. The Balaban J connectivity index is 2.67. The zero-order valence-corrected chi connectivity index (χ0v) is 12.1. The van der Waals surface area contributed by atoms with E-state index in [1.807, 2.05) is 19.1 Å². The molecular formula is C19H20O. The first-order chi connectivity index (χ1) is 9.69. The topological polar surface area (TPSA) is 20.2 Å². The van der Waals surface area contributed by atoms with Crippen LogP contribution < -0.4 is 0 Å². The normalized spacial score (nSPS) is 10.9. The lowest BCUT2D eigenvalue weighted by Gasteiger charge is -2.14. The van der Waals surface area contributed by atoms with E-state index >= 15 is 0 Å². The van der Waals surface area contributed by atoms with Crippen LogP contribution in [0.3, 0.4) is 0 Å². The van der Waals surface area contributed by atoms with Crippen LogP contribution in [0.4, 0.5) is 0 Å². The number of phenols is 1. The maximum absolute atomic E-state index is 10.0. The second kappa shape index (κ2) is 6.25. The van der Waals surface area contributed by atoms with Crippen molar-refractivity contribution in [1.29, 1.82) is 0 Å². The van der Waals surface area contributed by atoms with E-state index in [-0.39, 0.29) is 5.75 Å². The number of hydrogen-bond acceptors (Lipinski definition) is 1. The molecular weight excluding hydrogens is 244 g/mol. The average Bonchev–Trinajstić information content (AvgIpc) is 2.45. The number of rotatable bonds is 4. The van der Waals surface area contributed by atoms with E-state index in [1.54, 1.807) is 12.1 Å². The van der Waals surface area contributed by atoms with Crippen molar-refractivity contribution in [3.63, 3.8) is 0 Å². The van der Waals surface area contributed by atoms with E-state index < -0.39 is 0 Å². The smallest absolute Gasteiger partial charge is 0.123 e. The van der Waals surface area contributed by atoms with Gasteiger partial charge in [0.2, 0.25) is 0 Å². The third kappa shape index (κ3) is 2.67. The fraction of sp³-hybridized carbons (Fsp3) is 0.158. The molecule has 2 rings (SSSR count). The van der Waals surface area contributed by atoms with Crippen molar-refractivity contribution < 1.29 is 5.11 Å². The standard InChI is InChI=1S/C19H20O/c1-4-6-10-16-14(3)9-7-11-18(16)17-12-8-13-19(20)15(17)5-2/h4-9,11-13,20H,2,10H2,1,3H3. The van der Waals surface area contributed by atoms with Gasteiger partial charge in [-0.3, -0.25) is 0 Å². The summed E-state index contributed by atoms with van der Waals surface area (Å²) in [6, 6.07) is 11.9. The predicted molar refractivity (Wildman–Crippen MR) is 86.9 cm³/mol. The summed E-state index contributed by atoms with van der Waals surface area (Å²) in [5.74, 6) is 0.274. The molecule has 0 radical (unpaired) electrons. The molecule has 0 atom stereocenters. The van der Waals surface area contributed by atoms with Gasteiger partial charge in [-0.15, -0.1) is 0 Å². The van der Waals surface area contributed by atoms with E-state index in [9.17, 15) is 5.11 Å². The minimum absolute atomic E-state index is 0.274. The molecule has 2 aromatic carbocycles. The van der Waals surface area contributed by atoms with Gasteiger partial charge in [-0.05, 0) is 48.6 Å². The van der Waals surface area contributed by atoms with Crippen LogP contribution in [0.25, 0.3) is 17.2 Å². The predicted octanol–water partition coefficient (Wildman–Crippen LogP) is 5.13. The number of phenolic OH excluding ortho intramolecular Hbond substituents is 1. The second-order valence-corrected chi connectivity index (χ2v) is 4.82. The molecule has 0 aliphatic rings. The summed E-state index contributed by atoms with van der Waals surface area (Å²) in [4.78, 5) is 0. The van der Waals surface area contributed by atoms with Gasteiger partial charge in [0.1, 0.15) is 5.75 Å². The fourth-order valence-electron chi connectivity index (χ4n) is 2.46. The molecule has 0 unspecified atom stereocenters. The molecule has 0 bridgehead atoms. The molecule has 0 saturated heterocycles. The molecule has 0 spiro atoms. The molecule has 0 heterocycles. The van der Waals surface area contributed by atoms with Gasteiger partial charge >= 0.3 is 0 Å².